The molecule has 0 fully saturated rings. The summed E-state index contributed by atoms with van der Waals surface area (Å²) in [6.45, 7) is 4.30. The Balaban J connectivity index is 0. The minimum absolute atomic E-state index is 0.107. The van der Waals surface area contributed by atoms with E-state index in [1.807, 2.05) is 0 Å². The van der Waals surface area contributed by atoms with Gasteiger partial charge < -0.3 is 21.3 Å². The summed E-state index contributed by atoms with van der Waals surface area (Å²) in [4.78, 5) is 16.0. The summed E-state index contributed by atoms with van der Waals surface area (Å²) in [5.74, 6) is 0. The van der Waals surface area contributed by atoms with Gasteiger partial charge in [-0.05, 0) is 12.8 Å². The molecule has 0 aliphatic heterocycles. The van der Waals surface area contributed by atoms with Crippen LogP contribution in [-0.4, -0.2) is 29.0 Å². The van der Waals surface area contributed by atoms with Crippen molar-refractivity contribution < 1.29 is 18.9 Å². The van der Waals surface area contributed by atoms with Crippen molar-refractivity contribution in [3.8, 4) is 0 Å². The van der Waals surface area contributed by atoms with Gasteiger partial charge in [0.25, 0.3) is 0 Å². The molecule has 0 bridgehead atoms. The molecule has 0 amide bonds. The maximum absolute atomic E-state index is 9.81. The van der Waals surface area contributed by atoms with E-state index in [1.165, 1.54) is 12.8 Å². The van der Waals surface area contributed by atoms with E-state index >= 15 is 0 Å². The molecule has 0 aliphatic carbocycles. The van der Waals surface area contributed by atoms with Gasteiger partial charge in [0.05, 0.1) is 6.61 Å². The number of rotatable bonds is 6. The Labute approximate surface area is 91.2 Å². The van der Waals surface area contributed by atoms with Crippen molar-refractivity contribution in [2.24, 2.45) is 11.5 Å². The van der Waals surface area contributed by atoms with Crippen molar-refractivity contribution in [3.63, 3.8) is 0 Å². The fourth-order valence-electron chi connectivity index (χ4n) is 0.747. The first kappa shape index (κ1) is 17.4. The first-order chi connectivity index (χ1) is 6.87. The molecule has 0 aromatic rings. The Hall–Kier alpha value is 0.0300. The second kappa shape index (κ2) is 10.5. The van der Waals surface area contributed by atoms with E-state index < -0.39 is 7.82 Å². The summed E-state index contributed by atoms with van der Waals surface area (Å²) in [7, 11) is -4.26. The largest absolute Gasteiger partial charge is 0.469 e. The van der Waals surface area contributed by atoms with Crippen LogP contribution >= 0.6 is 7.82 Å². The second-order valence-electron chi connectivity index (χ2n) is 3.07. The molecule has 7 heteroatoms. The van der Waals surface area contributed by atoms with Crippen LogP contribution in [0.3, 0.4) is 0 Å². The summed E-state index contributed by atoms with van der Waals surface area (Å²) in [5.41, 5.74) is 10.5. The Bertz CT molecular complexity index is 174. The third-order valence-corrected chi connectivity index (χ3v) is 2.08. The summed E-state index contributed by atoms with van der Waals surface area (Å²) >= 11 is 0. The minimum atomic E-state index is -4.26. The van der Waals surface area contributed by atoms with Crippen LogP contribution in [0, 0.1) is 0 Å². The number of phosphoric ester groups is 1. The monoisotopic (exact) mass is 242 g/mol. The molecule has 0 heterocycles. The van der Waals surface area contributed by atoms with Crippen LogP contribution in [0.25, 0.3) is 0 Å². The zero-order chi connectivity index (χ0) is 12.3. The van der Waals surface area contributed by atoms with E-state index in [0.717, 1.165) is 6.42 Å². The molecule has 0 radical (unpaired) electrons. The van der Waals surface area contributed by atoms with Gasteiger partial charge in [-0.3, -0.25) is 4.52 Å². The third-order valence-electron chi connectivity index (χ3n) is 1.56. The maximum Gasteiger partial charge on any atom is 0.469 e. The summed E-state index contributed by atoms with van der Waals surface area (Å²) in [5, 5.41) is 0. The van der Waals surface area contributed by atoms with Crippen LogP contribution in [0.2, 0.25) is 0 Å². The van der Waals surface area contributed by atoms with E-state index in [1.54, 1.807) is 0 Å². The third kappa shape index (κ3) is 20.2. The van der Waals surface area contributed by atoms with E-state index in [-0.39, 0.29) is 13.2 Å². The van der Waals surface area contributed by atoms with Crippen LogP contribution in [0.1, 0.15) is 33.1 Å². The van der Waals surface area contributed by atoms with Gasteiger partial charge in [-0.1, -0.05) is 20.3 Å². The molecule has 15 heavy (non-hydrogen) atoms. The molecule has 0 spiro atoms. The number of phosphoric acid groups is 1. The lowest BCUT2D eigenvalue weighted by molar-refractivity contribution is 0.202. The lowest BCUT2D eigenvalue weighted by Crippen LogP contribution is -2.17. The summed E-state index contributed by atoms with van der Waals surface area (Å²) in [6.07, 6.45) is 3.51. The quantitative estimate of drug-likeness (QED) is 0.506. The molecule has 1 unspecified atom stereocenters. The fourth-order valence-corrected chi connectivity index (χ4v) is 1.09. The summed E-state index contributed by atoms with van der Waals surface area (Å²) in [6, 6.07) is 0.449. The van der Waals surface area contributed by atoms with Crippen LogP contribution in [0.5, 0.6) is 0 Å². The predicted molar refractivity (Wildman–Crippen MR) is 60.2 cm³/mol. The predicted octanol–water partition coefficient (Wildman–Crippen LogP) is 0.578. The Kier molecular flexibility index (Phi) is 12.2. The van der Waals surface area contributed by atoms with Crippen molar-refractivity contribution >= 4 is 7.82 Å². The highest BCUT2D eigenvalue weighted by Gasteiger charge is 2.11. The molecular formula is C8H23N2O4P. The van der Waals surface area contributed by atoms with E-state index in [0.29, 0.717) is 6.04 Å². The average Bonchev–Trinajstić information content (AvgIpc) is 2.15. The van der Waals surface area contributed by atoms with Gasteiger partial charge in [0.1, 0.15) is 0 Å². The Morgan fingerprint density at radius 1 is 1.40 bits per heavy atom. The number of hydrogen-bond donors (Lipinski definition) is 4. The van der Waals surface area contributed by atoms with Crippen LogP contribution in [0.4, 0.5) is 0 Å². The average molecular weight is 242 g/mol. The van der Waals surface area contributed by atoms with E-state index in [2.05, 4.69) is 18.4 Å². The van der Waals surface area contributed by atoms with Gasteiger partial charge in [0.2, 0.25) is 0 Å². The van der Waals surface area contributed by atoms with Crippen LogP contribution < -0.4 is 11.5 Å². The lowest BCUT2D eigenvalue weighted by atomic mass is 10.1. The zero-order valence-corrected chi connectivity index (χ0v) is 10.3. The van der Waals surface area contributed by atoms with Gasteiger partial charge in [-0.2, -0.15) is 0 Å². The van der Waals surface area contributed by atoms with E-state index in [4.69, 9.17) is 21.3 Å². The molecular weight excluding hydrogens is 219 g/mol. The maximum atomic E-state index is 9.81. The highest BCUT2D eigenvalue weighted by atomic mass is 31.2. The van der Waals surface area contributed by atoms with Gasteiger partial charge in [-0.25, -0.2) is 4.57 Å². The SMILES string of the molecule is CCCC(N)CC.NCCOP(=O)(O)O. The Morgan fingerprint density at radius 2 is 1.93 bits per heavy atom. The standard InChI is InChI=1S/C6H15N.C2H8NO4P/c1-3-5-6(7)4-2;3-1-2-7-8(4,5)6/h6H,3-5,7H2,1-2H3;1-3H2,(H2,4,5,6). The molecule has 0 aromatic carbocycles. The zero-order valence-electron chi connectivity index (χ0n) is 9.43. The number of hydrogen-bond acceptors (Lipinski definition) is 4. The molecule has 0 aromatic heterocycles. The lowest BCUT2D eigenvalue weighted by Gasteiger charge is -2.03. The van der Waals surface area contributed by atoms with Gasteiger partial charge >= 0.3 is 7.82 Å². The van der Waals surface area contributed by atoms with Gasteiger partial charge in [-0.15, -0.1) is 0 Å². The highest BCUT2D eigenvalue weighted by Crippen LogP contribution is 2.34. The van der Waals surface area contributed by atoms with Crippen LogP contribution in [0.15, 0.2) is 0 Å². The first-order valence-corrected chi connectivity index (χ1v) is 6.56. The van der Waals surface area contributed by atoms with Crippen molar-refractivity contribution in [2.45, 2.75) is 39.2 Å². The highest BCUT2D eigenvalue weighted by molar-refractivity contribution is 7.46. The molecule has 0 aliphatic rings. The molecule has 6 nitrogen and oxygen atoms in total. The molecule has 0 saturated carbocycles. The van der Waals surface area contributed by atoms with Gasteiger partial charge in [0.15, 0.2) is 0 Å². The number of nitrogens with two attached hydrogens (primary N) is 2. The minimum Gasteiger partial charge on any atom is -0.328 e. The smallest absolute Gasteiger partial charge is 0.328 e. The molecule has 1 atom stereocenters. The van der Waals surface area contributed by atoms with E-state index in [9.17, 15) is 4.57 Å². The van der Waals surface area contributed by atoms with Crippen molar-refractivity contribution in [1.82, 2.24) is 0 Å². The van der Waals surface area contributed by atoms with Crippen molar-refractivity contribution in [1.29, 1.82) is 0 Å². The fraction of sp³-hybridized carbons (Fsp3) is 1.00. The topological polar surface area (TPSA) is 119 Å². The molecule has 6 N–H and O–H groups in total. The second-order valence-corrected chi connectivity index (χ2v) is 4.31. The molecule has 94 valence electrons. The van der Waals surface area contributed by atoms with Crippen molar-refractivity contribution in [2.75, 3.05) is 13.2 Å². The molecule has 0 saturated heterocycles. The summed E-state index contributed by atoms with van der Waals surface area (Å²) < 4.78 is 13.7. The normalized spacial score (nSPS) is 12.9. The van der Waals surface area contributed by atoms with Gasteiger partial charge in [0, 0.05) is 12.6 Å². The Morgan fingerprint density at radius 3 is 2.07 bits per heavy atom. The van der Waals surface area contributed by atoms with Crippen LogP contribution in [-0.2, 0) is 9.09 Å². The van der Waals surface area contributed by atoms with Crippen molar-refractivity contribution in [3.05, 3.63) is 0 Å². The molecule has 0 rings (SSSR count). The first-order valence-electron chi connectivity index (χ1n) is 5.03.